The Morgan fingerprint density at radius 2 is 1.88 bits per heavy atom. The SMILES string of the molecule is O[C@H](COC1CCCCC1)CN1CCN(c2cccc(Cl)c2)CC1. The second-order valence-electron chi connectivity index (χ2n) is 7.01. The third-order valence-electron chi connectivity index (χ3n) is 5.09. The Hall–Kier alpha value is -0.810. The zero-order chi connectivity index (χ0) is 16.8. The van der Waals surface area contributed by atoms with Crippen LogP contribution in [-0.2, 0) is 4.74 Å². The van der Waals surface area contributed by atoms with E-state index >= 15 is 0 Å². The molecule has 0 amide bonds. The number of nitrogens with zero attached hydrogens (tertiary/aromatic N) is 2. The lowest BCUT2D eigenvalue weighted by Crippen LogP contribution is -2.49. The first kappa shape index (κ1) is 18.0. The van der Waals surface area contributed by atoms with Crippen LogP contribution in [0.5, 0.6) is 0 Å². The minimum Gasteiger partial charge on any atom is -0.389 e. The summed E-state index contributed by atoms with van der Waals surface area (Å²) < 4.78 is 5.89. The van der Waals surface area contributed by atoms with E-state index in [4.69, 9.17) is 16.3 Å². The quantitative estimate of drug-likeness (QED) is 0.853. The summed E-state index contributed by atoms with van der Waals surface area (Å²) in [6.45, 7) is 5.04. The second kappa shape index (κ2) is 9.04. The van der Waals surface area contributed by atoms with E-state index in [2.05, 4.69) is 15.9 Å². The summed E-state index contributed by atoms with van der Waals surface area (Å²) in [5.41, 5.74) is 1.18. The zero-order valence-electron chi connectivity index (χ0n) is 14.4. The molecular formula is C19H29ClN2O2. The molecule has 24 heavy (non-hydrogen) atoms. The van der Waals surface area contributed by atoms with Crippen molar-refractivity contribution in [2.45, 2.75) is 44.3 Å². The standard InChI is InChI=1S/C19H29ClN2O2/c20-16-5-4-6-17(13-16)22-11-9-21(10-12-22)14-18(23)15-24-19-7-2-1-3-8-19/h4-6,13,18-19,23H,1-3,7-12,14-15H2/t18-/m0/s1. The summed E-state index contributed by atoms with van der Waals surface area (Å²) in [5, 5.41) is 11.0. The number of hydrogen-bond acceptors (Lipinski definition) is 4. The fourth-order valence-electron chi connectivity index (χ4n) is 3.69. The van der Waals surface area contributed by atoms with Gasteiger partial charge in [0.2, 0.25) is 0 Å². The molecule has 1 saturated heterocycles. The van der Waals surface area contributed by atoms with Crippen molar-refractivity contribution < 1.29 is 9.84 Å². The molecular weight excluding hydrogens is 324 g/mol. The van der Waals surface area contributed by atoms with Crippen LogP contribution in [0.15, 0.2) is 24.3 Å². The first-order valence-electron chi connectivity index (χ1n) is 9.23. The predicted molar refractivity (Wildman–Crippen MR) is 98.9 cm³/mol. The van der Waals surface area contributed by atoms with Gasteiger partial charge in [0.15, 0.2) is 0 Å². The minimum atomic E-state index is -0.385. The maximum atomic E-state index is 10.3. The van der Waals surface area contributed by atoms with Crippen LogP contribution in [0.1, 0.15) is 32.1 Å². The van der Waals surface area contributed by atoms with Gasteiger partial charge < -0.3 is 14.7 Å². The predicted octanol–water partition coefficient (Wildman–Crippen LogP) is 3.17. The molecule has 1 aromatic rings. The highest BCUT2D eigenvalue weighted by molar-refractivity contribution is 6.30. The van der Waals surface area contributed by atoms with Gasteiger partial charge in [-0.25, -0.2) is 0 Å². The number of anilines is 1. The summed E-state index contributed by atoms with van der Waals surface area (Å²) in [7, 11) is 0. The van der Waals surface area contributed by atoms with Gasteiger partial charge in [-0.15, -0.1) is 0 Å². The largest absolute Gasteiger partial charge is 0.389 e. The van der Waals surface area contributed by atoms with E-state index in [-0.39, 0.29) is 6.10 Å². The summed E-state index contributed by atoms with van der Waals surface area (Å²) in [5.74, 6) is 0. The number of β-amino-alcohol motifs (C(OH)–C–C–N with tert-alkyl or cyclic N) is 1. The highest BCUT2D eigenvalue weighted by atomic mass is 35.5. The summed E-state index contributed by atoms with van der Waals surface area (Å²) in [4.78, 5) is 4.68. The Bertz CT molecular complexity index is 500. The molecule has 0 spiro atoms. The van der Waals surface area contributed by atoms with E-state index in [1.165, 1.54) is 24.9 Å². The molecule has 1 aromatic carbocycles. The van der Waals surface area contributed by atoms with Crippen LogP contribution in [0.2, 0.25) is 5.02 Å². The Kier molecular flexibility index (Phi) is 6.78. The van der Waals surface area contributed by atoms with Crippen LogP contribution >= 0.6 is 11.6 Å². The minimum absolute atomic E-state index is 0.369. The van der Waals surface area contributed by atoms with Crippen molar-refractivity contribution in [2.24, 2.45) is 0 Å². The Morgan fingerprint density at radius 1 is 1.12 bits per heavy atom. The van der Waals surface area contributed by atoms with Gasteiger partial charge in [-0.05, 0) is 31.0 Å². The van der Waals surface area contributed by atoms with Crippen LogP contribution in [0.4, 0.5) is 5.69 Å². The average molecular weight is 353 g/mol. The topological polar surface area (TPSA) is 35.9 Å². The zero-order valence-corrected chi connectivity index (χ0v) is 15.1. The molecule has 3 rings (SSSR count). The third-order valence-corrected chi connectivity index (χ3v) is 5.33. The van der Waals surface area contributed by atoms with Crippen molar-refractivity contribution in [3.63, 3.8) is 0 Å². The molecule has 2 fully saturated rings. The molecule has 1 N–H and O–H groups in total. The van der Waals surface area contributed by atoms with E-state index < -0.39 is 0 Å². The normalized spacial score (nSPS) is 21.8. The number of halogens is 1. The maximum absolute atomic E-state index is 10.3. The smallest absolute Gasteiger partial charge is 0.0900 e. The van der Waals surface area contributed by atoms with Crippen molar-refractivity contribution >= 4 is 17.3 Å². The van der Waals surface area contributed by atoms with Crippen molar-refractivity contribution in [1.29, 1.82) is 0 Å². The molecule has 4 nitrogen and oxygen atoms in total. The number of rotatable bonds is 6. The molecule has 1 atom stereocenters. The lowest BCUT2D eigenvalue weighted by atomic mass is 9.98. The van der Waals surface area contributed by atoms with Crippen LogP contribution in [0, 0.1) is 0 Å². The van der Waals surface area contributed by atoms with Crippen LogP contribution in [-0.4, -0.2) is 61.5 Å². The van der Waals surface area contributed by atoms with Crippen LogP contribution in [0.3, 0.4) is 0 Å². The number of aliphatic hydroxyl groups excluding tert-OH is 1. The number of ether oxygens (including phenoxy) is 1. The molecule has 0 aromatic heterocycles. The molecule has 1 aliphatic carbocycles. The van der Waals surface area contributed by atoms with Crippen molar-refractivity contribution in [3.8, 4) is 0 Å². The fraction of sp³-hybridized carbons (Fsp3) is 0.684. The van der Waals surface area contributed by atoms with E-state index in [0.29, 0.717) is 19.3 Å². The van der Waals surface area contributed by atoms with E-state index in [0.717, 1.165) is 44.0 Å². The lowest BCUT2D eigenvalue weighted by molar-refractivity contribution is -0.0336. The van der Waals surface area contributed by atoms with Gasteiger partial charge >= 0.3 is 0 Å². The summed E-state index contributed by atoms with van der Waals surface area (Å²) in [6, 6.07) is 8.03. The highest BCUT2D eigenvalue weighted by Gasteiger charge is 2.21. The van der Waals surface area contributed by atoms with Gasteiger partial charge in [0.25, 0.3) is 0 Å². The van der Waals surface area contributed by atoms with Gasteiger partial charge in [0.1, 0.15) is 0 Å². The molecule has 1 saturated carbocycles. The third kappa shape index (κ3) is 5.35. The number of aliphatic hydroxyl groups is 1. The molecule has 134 valence electrons. The first-order chi connectivity index (χ1) is 11.7. The lowest BCUT2D eigenvalue weighted by Gasteiger charge is -2.37. The first-order valence-corrected chi connectivity index (χ1v) is 9.61. The average Bonchev–Trinajstić information content (AvgIpc) is 2.61. The van der Waals surface area contributed by atoms with Crippen LogP contribution in [0.25, 0.3) is 0 Å². The Balaban J connectivity index is 1.37. The van der Waals surface area contributed by atoms with Crippen molar-refractivity contribution in [3.05, 3.63) is 29.3 Å². The number of hydrogen-bond donors (Lipinski definition) is 1. The van der Waals surface area contributed by atoms with E-state index in [9.17, 15) is 5.11 Å². The highest BCUT2D eigenvalue weighted by Crippen LogP contribution is 2.22. The molecule has 5 heteroatoms. The number of piperazine rings is 1. The monoisotopic (exact) mass is 352 g/mol. The fourth-order valence-corrected chi connectivity index (χ4v) is 3.88. The van der Waals surface area contributed by atoms with Gasteiger partial charge in [-0.2, -0.15) is 0 Å². The molecule has 0 radical (unpaired) electrons. The van der Waals surface area contributed by atoms with E-state index in [1.807, 2.05) is 18.2 Å². The molecule has 1 heterocycles. The Labute approximate surface area is 150 Å². The van der Waals surface area contributed by atoms with E-state index in [1.54, 1.807) is 0 Å². The maximum Gasteiger partial charge on any atom is 0.0900 e. The Morgan fingerprint density at radius 3 is 2.58 bits per heavy atom. The van der Waals surface area contributed by atoms with Gasteiger partial charge in [0.05, 0.1) is 18.8 Å². The summed E-state index contributed by atoms with van der Waals surface area (Å²) >= 11 is 6.08. The van der Waals surface area contributed by atoms with Crippen molar-refractivity contribution in [2.75, 3.05) is 44.2 Å². The van der Waals surface area contributed by atoms with Crippen LogP contribution < -0.4 is 4.90 Å². The molecule has 1 aliphatic heterocycles. The van der Waals surface area contributed by atoms with Crippen molar-refractivity contribution in [1.82, 2.24) is 4.90 Å². The van der Waals surface area contributed by atoms with Gasteiger partial charge in [-0.3, -0.25) is 4.90 Å². The molecule has 2 aliphatic rings. The number of benzene rings is 1. The molecule has 0 unspecified atom stereocenters. The van der Waals surface area contributed by atoms with Gasteiger partial charge in [-0.1, -0.05) is 36.9 Å². The molecule has 0 bridgehead atoms. The van der Waals surface area contributed by atoms with Gasteiger partial charge in [0, 0.05) is 43.4 Å². The summed E-state index contributed by atoms with van der Waals surface area (Å²) in [6.07, 6.45) is 6.17. The second-order valence-corrected chi connectivity index (χ2v) is 7.45.